The van der Waals surface area contributed by atoms with E-state index >= 15 is 0 Å². The molecule has 10 rings (SSSR count). The van der Waals surface area contributed by atoms with Crippen LogP contribution in [-0.2, 0) is 0 Å². The highest BCUT2D eigenvalue weighted by Crippen LogP contribution is 2.40. The van der Waals surface area contributed by atoms with Gasteiger partial charge in [-0.2, -0.15) is 0 Å². The van der Waals surface area contributed by atoms with Gasteiger partial charge in [-0.1, -0.05) is 115 Å². The van der Waals surface area contributed by atoms with Crippen molar-refractivity contribution in [1.29, 1.82) is 0 Å². The number of fused-ring (bicyclic) bond motifs is 6. The summed E-state index contributed by atoms with van der Waals surface area (Å²) in [6, 6.07) is 54.0. The topological polar surface area (TPSA) is 35.1 Å². The molecule has 0 amide bonds. The fourth-order valence-electron chi connectivity index (χ4n) is 7.26. The smallest absolute Gasteiger partial charge is 0.235 e. The molecule has 0 unspecified atom stereocenters. The summed E-state index contributed by atoms with van der Waals surface area (Å²) < 4.78 is 4.62. The highest BCUT2D eigenvalue weighted by atomic mass is 15.2. The predicted octanol–water partition coefficient (Wildman–Crippen LogP) is 10.6. The standard InChI is InChI=1S/C42H26N4/c1-2-9-27(10-3-1)28-17-19-29(20-18-28)36-23-24-43-42(44-36)46-38-16-7-5-13-33(38)35-25-30(21-22-39(35)46)40-26-31-11-8-14-34-32-12-4-6-15-37(32)45(40)41(31)34/h1-26H. The van der Waals surface area contributed by atoms with Crippen molar-refractivity contribution in [3.8, 4) is 39.6 Å². The maximum Gasteiger partial charge on any atom is 0.235 e. The molecule has 4 heteroatoms. The number of aromatic nitrogens is 4. The number of hydrogen-bond acceptors (Lipinski definition) is 2. The Morgan fingerprint density at radius 2 is 1.09 bits per heavy atom. The van der Waals surface area contributed by atoms with E-state index in [-0.39, 0.29) is 0 Å². The van der Waals surface area contributed by atoms with Crippen LogP contribution < -0.4 is 0 Å². The molecule has 0 radical (unpaired) electrons. The molecule has 0 saturated carbocycles. The van der Waals surface area contributed by atoms with Gasteiger partial charge in [0, 0.05) is 38.7 Å². The lowest BCUT2D eigenvalue weighted by Gasteiger charge is -2.09. The monoisotopic (exact) mass is 586 g/mol. The third-order valence-electron chi connectivity index (χ3n) is 9.36. The fraction of sp³-hybridized carbons (Fsp3) is 0. The second-order valence-corrected chi connectivity index (χ2v) is 11.9. The molecule has 4 aromatic heterocycles. The Hall–Kier alpha value is -6.26. The van der Waals surface area contributed by atoms with Crippen molar-refractivity contribution in [1.82, 2.24) is 18.9 Å². The third-order valence-corrected chi connectivity index (χ3v) is 9.36. The summed E-state index contributed by atoms with van der Waals surface area (Å²) >= 11 is 0. The van der Waals surface area contributed by atoms with Crippen molar-refractivity contribution in [3.63, 3.8) is 0 Å². The minimum atomic E-state index is 0.661. The van der Waals surface area contributed by atoms with Gasteiger partial charge in [0.1, 0.15) is 0 Å². The normalized spacial score (nSPS) is 11.9. The van der Waals surface area contributed by atoms with Crippen LogP contribution in [0.4, 0.5) is 0 Å². The minimum Gasteiger partial charge on any atom is -0.308 e. The van der Waals surface area contributed by atoms with Gasteiger partial charge < -0.3 is 4.40 Å². The van der Waals surface area contributed by atoms with E-state index in [1.54, 1.807) is 0 Å². The number of rotatable bonds is 4. The van der Waals surface area contributed by atoms with Crippen LogP contribution >= 0.6 is 0 Å². The molecule has 0 fully saturated rings. The fourth-order valence-corrected chi connectivity index (χ4v) is 7.26. The lowest BCUT2D eigenvalue weighted by Crippen LogP contribution is -2.01. The van der Waals surface area contributed by atoms with Crippen LogP contribution in [0.1, 0.15) is 0 Å². The van der Waals surface area contributed by atoms with Crippen molar-refractivity contribution < 1.29 is 0 Å². The average Bonchev–Trinajstić information content (AvgIpc) is 3.79. The molecule has 0 aliphatic heterocycles. The predicted molar refractivity (Wildman–Crippen MR) is 190 cm³/mol. The second kappa shape index (κ2) is 9.62. The number of para-hydroxylation sites is 3. The Morgan fingerprint density at radius 1 is 0.435 bits per heavy atom. The van der Waals surface area contributed by atoms with Crippen LogP contribution in [0.15, 0.2) is 158 Å². The summed E-state index contributed by atoms with van der Waals surface area (Å²) in [5.41, 5.74) is 11.4. The summed E-state index contributed by atoms with van der Waals surface area (Å²) in [4.78, 5) is 9.89. The molecule has 0 aliphatic carbocycles. The van der Waals surface area contributed by atoms with Crippen molar-refractivity contribution in [2.75, 3.05) is 0 Å². The summed E-state index contributed by atoms with van der Waals surface area (Å²) in [5, 5.41) is 6.20. The van der Waals surface area contributed by atoms with Gasteiger partial charge in [-0.3, -0.25) is 4.57 Å². The summed E-state index contributed by atoms with van der Waals surface area (Å²) in [6.07, 6.45) is 1.86. The van der Waals surface area contributed by atoms with Gasteiger partial charge in [-0.05, 0) is 53.1 Å². The zero-order valence-corrected chi connectivity index (χ0v) is 24.8. The van der Waals surface area contributed by atoms with E-state index in [1.807, 2.05) is 18.3 Å². The van der Waals surface area contributed by atoms with Crippen LogP contribution in [-0.4, -0.2) is 18.9 Å². The van der Waals surface area contributed by atoms with Gasteiger partial charge in [-0.25, -0.2) is 9.97 Å². The quantitative estimate of drug-likeness (QED) is 0.206. The van der Waals surface area contributed by atoms with Crippen molar-refractivity contribution in [2.45, 2.75) is 0 Å². The summed E-state index contributed by atoms with van der Waals surface area (Å²) in [6.45, 7) is 0. The molecular formula is C42H26N4. The van der Waals surface area contributed by atoms with E-state index in [4.69, 9.17) is 9.97 Å². The molecular weight excluding hydrogens is 560 g/mol. The highest BCUT2D eigenvalue weighted by Gasteiger charge is 2.19. The van der Waals surface area contributed by atoms with E-state index in [1.165, 1.54) is 60.3 Å². The lowest BCUT2D eigenvalue weighted by atomic mass is 10.0. The first kappa shape index (κ1) is 25.1. The molecule has 0 atom stereocenters. The molecule has 10 aromatic rings. The van der Waals surface area contributed by atoms with E-state index in [0.717, 1.165) is 22.3 Å². The molecule has 0 N–H and O–H groups in total. The molecule has 6 aromatic carbocycles. The minimum absolute atomic E-state index is 0.661. The van der Waals surface area contributed by atoms with Crippen molar-refractivity contribution in [3.05, 3.63) is 158 Å². The Balaban J connectivity index is 1.13. The van der Waals surface area contributed by atoms with Crippen LogP contribution in [0, 0.1) is 0 Å². The lowest BCUT2D eigenvalue weighted by molar-refractivity contribution is 0.992. The van der Waals surface area contributed by atoms with Gasteiger partial charge in [0.2, 0.25) is 5.95 Å². The molecule has 0 saturated heterocycles. The van der Waals surface area contributed by atoms with Gasteiger partial charge in [0.15, 0.2) is 0 Å². The molecule has 0 bridgehead atoms. The average molecular weight is 587 g/mol. The third kappa shape index (κ3) is 3.61. The first-order chi connectivity index (χ1) is 22.8. The summed E-state index contributed by atoms with van der Waals surface area (Å²) in [7, 11) is 0. The number of nitrogens with zero attached hydrogens (tertiary/aromatic N) is 4. The highest BCUT2D eigenvalue weighted by molar-refractivity contribution is 6.16. The van der Waals surface area contributed by atoms with Crippen molar-refractivity contribution in [2.24, 2.45) is 0 Å². The Morgan fingerprint density at radius 3 is 1.93 bits per heavy atom. The van der Waals surface area contributed by atoms with Crippen LogP contribution in [0.25, 0.3) is 88.6 Å². The van der Waals surface area contributed by atoms with E-state index in [2.05, 4.69) is 148 Å². The first-order valence-electron chi connectivity index (χ1n) is 15.6. The summed E-state index contributed by atoms with van der Waals surface area (Å²) in [5.74, 6) is 0.661. The number of benzene rings is 6. The van der Waals surface area contributed by atoms with E-state index in [0.29, 0.717) is 5.95 Å². The zero-order valence-electron chi connectivity index (χ0n) is 24.8. The van der Waals surface area contributed by atoms with Gasteiger partial charge in [0.25, 0.3) is 0 Å². The number of hydrogen-bond donors (Lipinski definition) is 0. The molecule has 4 heterocycles. The van der Waals surface area contributed by atoms with Gasteiger partial charge in [-0.15, -0.1) is 0 Å². The van der Waals surface area contributed by atoms with Crippen LogP contribution in [0.3, 0.4) is 0 Å². The van der Waals surface area contributed by atoms with Crippen LogP contribution in [0.2, 0.25) is 0 Å². The Bertz CT molecular complexity index is 2730. The SMILES string of the molecule is c1ccc(-c2ccc(-c3ccnc(-n4c5ccccc5c5cc(-c6cc7cccc8c9ccccc9n6c78)ccc54)n3)cc2)cc1. The maximum absolute atomic E-state index is 5.10. The first-order valence-corrected chi connectivity index (χ1v) is 15.6. The molecule has 46 heavy (non-hydrogen) atoms. The second-order valence-electron chi connectivity index (χ2n) is 11.9. The van der Waals surface area contributed by atoms with E-state index < -0.39 is 0 Å². The van der Waals surface area contributed by atoms with Gasteiger partial charge >= 0.3 is 0 Å². The largest absolute Gasteiger partial charge is 0.308 e. The molecule has 0 aliphatic rings. The van der Waals surface area contributed by atoms with Crippen molar-refractivity contribution >= 4 is 49.0 Å². The molecule has 214 valence electrons. The maximum atomic E-state index is 5.10. The molecule has 4 nitrogen and oxygen atoms in total. The Kier molecular flexibility index (Phi) is 5.25. The van der Waals surface area contributed by atoms with Crippen LogP contribution in [0.5, 0.6) is 0 Å². The molecule has 0 spiro atoms. The zero-order chi connectivity index (χ0) is 30.2. The van der Waals surface area contributed by atoms with Gasteiger partial charge in [0.05, 0.1) is 33.5 Å². The Labute approximate surface area is 264 Å². The van der Waals surface area contributed by atoms with E-state index in [9.17, 15) is 0 Å².